The number of imide groups is 1. The first-order valence-electron chi connectivity index (χ1n) is 8.25. The normalized spacial score (nSPS) is 16.2. The quantitative estimate of drug-likeness (QED) is 0.753. The zero-order valence-electron chi connectivity index (χ0n) is 14.3. The number of thioether (sulfide) groups is 1. The highest BCUT2D eigenvalue weighted by Crippen LogP contribution is 2.32. The van der Waals surface area contributed by atoms with Crippen LogP contribution in [0.25, 0.3) is 6.08 Å². The Balaban J connectivity index is 1.97. The SMILES string of the molecule is CCC(CC)C(=O)NCCN1C(=O)S/C(=C\c2ccccc2F)C1=O. The van der Waals surface area contributed by atoms with Crippen molar-refractivity contribution in [1.82, 2.24) is 10.2 Å². The van der Waals surface area contributed by atoms with Gasteiger partial charge < -0.3 is 5.32 Å². The van der Waals surface area contributed by atoms with Crippen molar-refractivity contribution in [2.24, 2.45) is 5.92 Å². The highest BCUT2D eigenvalue weighted by molar-refractivity contribution is 8.18. The molecule has 1 fully saturated rings. The molecule has 25 heavy (non-hydrogen) atoms. The molecule has 2 rings (SSSR count). The van der Waals surface area contributed by atoms with Crippen LogP contribution < -0.4 is 5.32 Å². The lowest BCUT2D eigenvalue weighted by molar-refractivity contribution is -0.126. The summed E-state index contributed by atoms with van der Waals surface area (Å²) in [6, 6.07) is 6.05. The summed E-state index contributed by atoms with van der Waals surface area (Å²) in [5, 5.41) is 2.34. The molecular formula is C18H21FN2O3S. The highest BCUT2D eigenvalue weighted by atomic mass is 32.2. The Labute approximate surface area is 150 Å². The van der Waals surface area contributed by atoms with Crippen LogP contribution >= 0.6 is 11.8 Å². The van der Waals surface area contributed by atoms with E-state index in [1.807, 2.05) is 13.8 Å². The monoisotopic (exact) mass is 364 g/mol. The van der Waals surface area contributed by atoms with Gasteiger partial charge in [0, 0.05) is 24.6 Å². The maximum Gasteiger partial charge on any atom is 0.293 e. The van der Waals surface area contributed by atoms with E-state index in [2.05, 4.69) is 5.32 Å². The molecule has 1 aromatic carbocycles. The van der Waals surface area contributed by atoms with Crippen LogP contribution in [0.2, 0.25) is 0 Å². The topological polar surface area (TPSA) is 66.5 Å². The second kappa shape index (κ2) is 8.80. The molecule has 0 aliphatic carbocycles. The average Bonchev–Trinajstić information content (AvgIpc) is 2.85. The van der Waals surface area contributed by atoms with E-state index in [1.165, 1.54) is 12.1 Å². The van der Waals surface area contributed by atoms with E-state index in [1.54, 1.807) is 18.2 Å². The Morgan fingerprint density at radius 3 is 2.60 bits per heavy atom. The lowest BCUT2D eigenvalue weighted by Crippen LogP contribution is -2.39. The molecule has 7 heteroatoms. The largest absolute Gasteiger partial charge is 0.354 e. The molecule has 0 atom stereocenters. The van der Waals surface area contributed by atoms with Crippen molar-refractivity contribution in [3.63, 3.8) is 0 Å². The van der Waals surface area contributed by atoms with Crippen LogP contribution in [0.3, 0.4) is 0 Å². The lowest BCUT2D eigenvalue weighted by Gasteiger charge is -2.15. The third-order valence-electron chi connectivity index (χ3n) is 4.06. The van der Waals surface area contributed by atoms with E-state index in [0.717, 1.165) is 29.5 Å². The van der Waals surface area contributed by atoms with Gasteiger partial charge in [-0.25, -0.2) is 4.39 Å². The Morgan fingerprint density at radius 1 is 1.28 bits per heavy atom. The van der Waals surface area contributed by atoms with E-state index in [4.69, 9.17) is 0 Å². The number of nitrogens with one attached hydrogen (secondary N) is 1. The summed E-state index contributed by atoms with van der Waals surface area (Å²) >= 11 is 0.779. The highest BCUT2D eigenvalue weighted by Gasteiger charge is 2.34. The summed E-state index contributed by atoms with van der Waals surface area (Å²) in [6.45, 7) is 4.20. The summed E-state index contributed by atoms with van der Waals surface area (Å²) < 4.78 is 13.7. The molecule has 0 unspecified atom stereocenters. The third-order valence-corrected chi connectivity index (χ3v) is 4.96. The van der Waals surface area contributed by atoms with Crippen LogP contribution in [-0.4, -0.2) is 35.0 Å². The maximum atomic E-state index is 13.7. The molecule has 1 aromatic rings. The van der Waals surface area contributed by atoms with Crippen LogP contribution in [0.15, 0.2) is 29.2 Å². The first-order valence-corrected chi connectivity index (χ1v) is 9.07. The van der Waals surface area contributed by atoms with Gasteiger partial charge in [-0.05, 0) is 36.7 Å². The molecule has 134 valence electrons. The van der Waals surface area contributed by atoms with Crippen molar-refractivity contribution >= 4 is 34.9 Å². The molecule has 5 nitrogen and oxygen atoms in total. The summed E-state index contributed by atoms with van der Waals surface area (Å²) in [5.74, 6) is -1.04. The second-order valence-electron chi connectivity index (χ2n) is 5.66. The van der Waals surface area contributed by atoms with Crippen molar-refractivity contribution < 1.29 is 18.8 Å². The number of hydrogen-bond acceptors (Lipinski definition) is 4. The predicted octanol–water partition coefficient (Wildman–Crippen LogP) is 3.41. The van der Waals surface area contributed by atoms with Gasteiger partial charge in [0.05, 0.1) is 4.91 Å². The smallest absolute Gasteiger partial charge is 0.293 e. The molecule has 3 amide bonds. The van der Waals surface area contributed by atoms with Crippen molar-refractivity contribution in [3.05, 3.63) is 40.6 Å². The molecule has 0 bridgehead atoms. The third kappa shape index (κ3) is 4.69. The summed E-state index contributed by atoms with van der Waals surface area (Å²) in [7, 11) is 0. The van der Waals surface area contributed by atoms with E-state index in [-0.39, 0.29) is 35.4 Å². The van der Waals surface area contributed by atoms with Crippen molar-refractivity contribution in [2.75, 3.05) is 13.1 Å². The molecule has 1 N–H and O–H groups in total. The van der Waals surface area contributed by atoms with Gasteiger partial charge in [-0.3, -0.25) is 19.3 Å². The number of benzene rings is 1. The fourth-order valence-electron chi connectivity index (χ4n) is 2.52. The van der Waals surface area contributed by atoms with Gasteiger partial charge in [0.1, 0.15) is 5.82 Å². The predicted molar refractivity (Wildman–Crippen MR) is 96.2 cm³/mol. The fraction of sp³-hybridized carbons (Fsp3) is 0.389. The maximum absolute atomic E-state index is 13.7. The number of hydrogen-bond donors (Lipinski definition) is 1. The Hall–Kier alpha value is -2.15. The van der Waals surface area contributed by atoms with E-state index in [0.29, 0.717) is 0 Å². The molecule has 1 heterocycles. The van der Waals surface area contributed by atoms with Gasteiger partial charge in [0.25, 0.3) is 11.1 Å². The number of nitrogens with zero attached hydrogens (tertiary/aromatic N) is 1. The van der Waals surface area contributed by atoms with E-state index in [9.17, 15) is 18.8 Å². The van der Waals surface area contributed by atoms with Gasteiger partial charge in [-0.1, -0.05) is 32.0 Å². The molecule has 0 radical (unpaired) electrons. The molecule has 1 saturated heterocycles. The van der Waals surface area contributed by atoms with Gasteiger partial charge in [0.15, 0.2) is 0 Å². The fourth-order valence-corrected chi connectivity index (χ4v) is 3.38. The molecule has 0 spiro atoms. The minimum atomic E-state index is -0.463. The zero-order valence-corrected chi connectivity index (χ0v) is 15.1. The van der Waals surface area contributed by atoms with Crippen LogP contribution in [-0.2, 0) is 9.59 Å². The summed E-state index contributed by atoms with van der Waals surface area (Å²) in [4.78, 5) is 37.5. The first-order chi connectivity index (χ1) is 12.0. The molecule has 1 aliphatic heterocycles. The Morgan fingerprint density at radius 2 is 1.96 bits per heavy atom. The zero-order chi connectivity index (χ0) is 18.4. The number of halogens is 1. The summed E-state index contributed by atoms with van der Waals surface area (Å²) in [6.07, 6.45) is 2.87. The lowest BCUT2D eigenvalue weighted by atomic mass is 10.0. The van der Waals surface area contributed by atoms with Crippen molar-refractivity contribution in [3.8, 4) is 0 Å². The number of carbonyl (C=O) groups is 3. The van der Waals surface area contributed by atoms with Gasteiger partial charge in [-0.2, -0.15) is 0 Å². The van der Waals surface area contributed by atoms with Gasteiger partial charge in [0.2, 0.25) is 5.91 Å². The number of carbonyl (C=O) groups excluding carboxylic acids is 3. The second-order valence-corrected chi connectivity index (χ2v) is 6.65. The van der Waals surface area contributed by atoms with Gasteiger partial charge >= 0.3 is 0 Å². The van der Waals surface area contributed by atoms with E-state index < -0.39 is 17.0 Å². The summed E-state index contributed by atoms with van der Waals surface area (Å²) in [5.41, 5.74) is 0.259. The average molecular weight is 364 g/mol. The van der Waals surface area contributed by atoms with E-state index >= 15 is 0 Å². The van der Waals surface area contributed by atoms with Crippen LogP contribution in [0.5, 0.6) is 0 Å². The molecule has 0 aromatic heterocycles. The van der Waals surface area contributed by atoms with Crippen molar-refractivity contribution in [1.29, 1.82) is 0 Å². The number of amides is 3. The Kier molecular flexibility index (Phi) is 6.75. The Bertz CT molecular complexity index is 701. The minimum absolute atomic E-state index is 0.0594. The van der Waals surface area contributed by atoms with Crippen LogP contribution in [0.1, 0.15) is 32.3 Å². The van der Waals surface area contributed by atoms with Crippen molar-refractivity contribution in [2.45, 2.75) is 26.7 Å². The van der Waals surface area contributed by atoms with Crippen LogP contribution in [0, 0.1) is 11.7 Å². The number of rotatable bonds is 7. The minimum Gasteiger partial charge on any atom is -0.354 e. The molecule has 0 saturated carbocycles. The first kappa shape index (κ1) is 19.2. The molecular weight excluding hydrogens is 343 g/mol. The molecule has 1 aliphatic rings. The van der Waals surface area contributed by atoms with Gasteiger partial charge in [-0.15, -0.1) is 0 Å². The van der Waals surface area contributed by atoms with Crippen LogP contribution in [0.4, 0.5) is 9.18 Å². The standard InChI is InChI=1S/C18H21FN2O3S/c1-3-12(4-2)16(22)20-9-10-21-17(23)15(25-18(21)24)11-13-7-5-6-8-14(13)19/h5-8,11-12H,3-4,9-10H2,1-2H3,(H,20,22)/b15-11-.